The summed E-state index contributed by atoms with van der Waals surface area (Å²) in [6.45, 7) is 8.48. The van der Waals surface area contributed by atoms with Crippen LogP contribution in [0.1, 0.15) is 48.3 Å². The highest BCUT2D eigenvalue weighted by Crippen LogP contribution is 2.38. The molecule has 1 N–H and O–H groups in total. The van der Waals surface area contributed by atoms with Gasteiger partial charge in [0.25, 0.3) is 20.7 Å². The van der Waals surface area contributed by atoms with E-state index in [0.29, 0.717) is 29.2 Å². The van der Waals surface area contributed by atoms with Crippen molar-refractivity contribution in [3.8, 4) is 23.7 Å². The minimum absolute atomic E-state index is 0.0131. The molecule has 3 aromatic carbocycles. The molecule has 0 aliphatic rings. The molecule has 1 unspecified atom stereocenters. The Morgan fingerprint density at radius 2 is 1.71 bits per heavy atom. The molecule has 52 heavy (non-hydrogen) atoms. The molecule has 9 nitrogen and oxygen atoms in total. The molecule has 0 saturated carbocycles. The quantitative estimate of drug-likeness (QED) is 0.0792. The smallest absolute Gasteiger partial charge is 0.274 e. The van der Waals surface area contributed by atoms with Crippen LogP contribution in [0.5, 0.6) is 0 Å². The van der Waals surface area contributed by atoms with Crippen molar-refractivity contribution in [3.05, 3.63) is 126 Å². The molecule has 0 spiro atoms. The van der Waals surface area contributed by atoms with Gasteiger partial charge in [0, 0.05) is 17.4 Å². The molecule has 0 bridgehead atoms. The molecule has 3 aromatic heterocycles. The van der Waals surface area contributed by atoms with Crippen molar-refractivity contribution in [2.45, 2.75) is 58.3 Å². The number of nitrogens with zero attached hydrogens (tertiary/aromatic N) is 4. The number of hydrogen-bond donors (Lipinski definition) is 1. The number of hydrogen-bond acceptors (Lipinski definition) is 7. The minimum atomic E-state index is -3.29. The average Bonchev–Trinajstić information content (AvgIpc) is 3.78. The van der Waals surface area contributed by atoms with Gasteiger partial charge in [-0.15, -0.1) is 6.42 Å². The van der Waals surface area contributed by atoms with Crippen LogP contribution in [-0.4, -0.2) is 52.9 Å². The van der Waals surface area contributed by atoms with E-state index in [-0.39, 0.29) is 30.7 Å². The van der Waals surface area contributed by atoms with Crippen molar-refractivity contribution >= 4 is 35.9 Å². The Hall–Kier alpha value is -5.48. The molecule has 1 amide bonds. The van der Waals surface area contributed by atoms with Crippen LogP contribution in [0.25, 0.3) is 17.0 Å². The molecule has 0 radical (unpaired) electrons. The maximum absolute atomic E-state index is 14.9. The third kappa shape index (κ3) is 7.57. The lowest BCUT2D eigenvalue weighted by atomic mass is 10.1. The lowest BCUT2D eigenvalue weighted by Crippen LogP contribution is -2.68. The summed E-state index contributed by atoms with van der Waals surface area (Å²) in [6.07, 6.45) is 3.85. The first-order chi connectivity index (χ1) is 25.0. The van der Waals surface area contributed by atoms with Gasteiger partial charge in [0.2, 0.25) is 11.7 Å². The van der Waals surface area contributed by atoms with E-state index >= 15 is 0 Å². The molecule has 0 saturated heterocycles. The number of rotatable bonds is 13. The maximum atomic E-state index is 14.9. The number of alkyl halides is 2. The third-order valence-electron chi connectivity index (χ3n) is 8.88. The molecule has 12 heteroatoms. The first-order valence-electron chi connectivity index (χ1n) is 16.8. The first kappa shape index (κ1) is 36.3. The highest BCUT2D eigenvalue weighted by Gasteiger charge is 2.52. The number of carbonyl (C=O) groups is 1. The van der Waals surface area contributed by atoms with E-state index in [1.54, 1.807) is 22.7 Å². The number of benzene rings is 3. The largest absolute Gasteiger partial charge is 0.398 e. The van der Waals surface area contributed by atoms with Crippen molar-refractivity contribution in [2.24, 2.45) is 0 Å². The highest BCUT2D eigenvalue weighted by molar-refractivity contribution is 6.99. The summed E-state index contributed by atoms with van der Waals surface area (Å²) >= 11 is 0. The van der Waals surface area contributed by atoms with Gasteiger partial charge in [-0.2, -0.15) is 4.98 Å². The number of halogens is 2. The van der Waals surface area contributed by atoms with Gasteiger partial charge < -0.3 is 19.0 Å². The number of fused-ring (bicyclic) bond motifs is 1. The van der Waals surface area contributed by atoms with Crippen molar-refractivity contribution in [1.29, 1.82) is 0 Å². The monoisotopic (exact) mass is 719 g/mol. The van der Waals surface area contributed by atoms with Crippen molar-refractivity contribution in [1.82, 2.24) is 19.5 Å². The number of nitrogens with one attached hydrogen (secondary N) is 1. The Morgan fingerprint density at radius 3 is 2.35 bits per heavy atom. The fourth-order valence-corrected chi connectivity index (χ4v) is 11.0. The Kier molecular flexibility index (Phi) is 10.8. The predicted molar refractivity (Wildman–Crippen MR) is 198 cm³/mol. The number of imidazole rings is 1. The summed E-state index contributed by atoms with van der Waals surface area (Å²) in [7, 11) is -3.29. The van der Waals surface area contributed by atoms with Crippen LogP contribution < -0.4 is 15.7 Å². The van der Waals surface area contributed by atoms with Gasteiger partial charge in [0.1, 0.15) is 24.1 Å². The molecule has 6 rings (SSSR count). The molecule has 1 atom stereocenters. The van der Waals surface area contributed by atoms with Gasteiger partial charge >= 0.3 is 0 Å². The molecule has 6 aromatic rings. The fourth-order valence-electron chi connectivity index (χ4n) is 6.32. The van der Waals surface area contributed by atoms with Gasteiger partial charge in [0.15, 0.2) is 0 Å². The molecular formula is C40H39F2N5O4Si. The number of ether oxygens (including phenoxy) is 1. The lowest BCUT2D eigenvalue weighted by molar-refractivity contribution is 0.00243. The Labute approximate surface area is 302 Å². The molecule has 0 aliphatic carbocycles. The van der Waals surface area contributed by atoms with E-state index in [4.69, 9.17) is 20.1 Å². The summed E-state index contributed by atoms with van der Waals surface area (Å²) in [4.78, 5) is 22.3. The summed E-state index contributed by atoms with van der Waals surface area (Å²) in [5, 5.41) is 8.33. The number of amides is 1. The number of anilines is 1. The SMILES string of the molecule is C#CCOCc1ccn2c(C(=O)Nc3cc(-c4noc(CC(O[Si](c5ccccc5)(c5ccccc5)C(C)(C)C)C(F)F)n4)ccc3C)cnc2c1. The predicted octanol–water partition coefficient (Wildman–Crippen LogP) is 6.85. The maximum Gasteiger partial charge on any atom is 0.274 e. The Bertz CT molecular complexity index is 2150. The van der Waals surface area contributed by atoms with Crippen molar-refractivity contribution < 1.29 is 27.3 Å². The van der Waals surface area contributed by atoms with E-state index in [2.05, 4.69) is 26.4 Å². The van der Waals surface area contributed by atoms with Gasteiger partial charge in [-0.3, -0.25) is 9.20 Å². The molecule has 0 fully saturated rings. The van der Waals surface area contributed by atoms with E-state index in [1.165, 1.54) is 6.20 Å². The molecule has 0 aliphatic heterocycles. The summed E-state index contributed by atoms with van der Waals surface area (Å²) in [5.41, 5.74) is 3.63. The zero-order chi connectivity index (χ0) is 36.9. The second-order valence-corrected chi connectivity index (χ2v) is 17.7. The fraction of sp³-hybridized carbons (Fsp3) is 0.250. The second kappa shape index (κ2) is 15.4. The van der Waals surface area contributed by atoms with Crippen LogP contribution in [0.15, 0.2) is 108 Å². The van der Waals surface area contributed by atoms with Gasteiger partial charge in [-0.25, -0.2) is 13.8 Å². The van der Waals surface area contributed by atoms with Crippen molar-refractivity contribution in [2.75, 3.05) is 11.9 Å². The van der Waals surface area contributed by atoms with E-state index in [0.717, 1.165) is 21.5 Å². The van der Waals surface area contributed by atoms with Crippen LogP contribution >= 0.6 is 0 Å². The van der Waals surface area contributed by atoms with E-state index < -0.39 is 25.9 Å². The Morgan fingerprint density at radius 1 is 1.02 bits per heavy atom. The summed E-state index contributed by atoms with van der Waals surface area (Å²) in [5.74, 6) is 2.26. The minimum Gasteiger partial charge on any atom is -0.398 e. The van der Waals surface area contributed by atoms with Crippen LogP contribution in [0.4, 0.5) is 14.5 Å². The topological polar surface area (TPSA) is 104 Å². The normalized spacial score (nSPS) is 12.6. The van der Waals surface area contributed by atoms with Gasteiger partial charge in [0.05, 0.1) is 19.2 Å². The standard InChI is InChI=1S/C40H39F2N5O4Si/c1-6-21-49-26-28-19-20-47-33(25-43-35(47)22-28)39(48)44-32-23-29(18-17-27(32)2)38-45-36(50-46-38)24-34(37(41)42)51-52(40(3,4)5,30-13-9-7-10-14-30)31-15-11-8-12-16-31/h1,7-20,22-23,25,34,37H,21,24,26H2,2-5H3,(H,44,48). The van der Waals surface area contributed by atoms with Crippen LogP contribution in [0.3, 0.4) is 0 Å². The van der Waals surface area contributed by atoms with Gasteiger partial charge in [-0.1, -0.05) is 105 Å². The number of aryl methyl sites for hydroxylation is 1. The lowest BCUT2D eigenvalue weighted by Gasteiger charge is -2.44. The second-order valence-electron chi connectivity index (χ2n) is 13.5. The van der Waals surface area contributed by atoms with Crippen LogP contribution in [-0.2, 0) is 22.2 Å². The van der Waals surface area contributed by atoms with E-state index in [9.17, 15) is 13.6 Å². The van der Waals surface area contributed by atoms with Crippen LogP contribution in [0, 0.1) is 19.3 Å². The van der Waals surface area contributed by atoms with E-state index in [1.807, 2.05) is 107 Å². The molecular weight excluding hydrogens is 681 g/mol. The first-order valence-corrected chi connectivity index (χ1v) is 18.7. The number of pyridine rings is 1. The average molecular weight is 720 g/mol. The number of aromatic nitrogens is 4. The zero-order valence-corrected chi connectivity index (χ0v) is 30.3. The molecule has 266 valence electrons. The third-order valence-corrected chi connectivity index (χ3v) is 13.9. The number of terminal acetylenes is 1. The van der Waals surface area contributed by atoms with Gasteiger partial charge in [-0.05, 0) is 51.7 Å². The van der Waals surface area contributed by atoms with Crippen LogP contribution in [0.2, 0.25) is 5.04 Å². The highest BCUT2D eigenvalue weighted by atomic mass is 28.4. The summed E-state index contributed by atoms with van der Waals surface area (Å²) in [6, 6.07) is 28.2. The molecule has 3 heterocycles. The number of carbonyl (C=O) groups excluding carboxylic acids is 1. The van der Waals surface area contributed by atoms with Crippen molar-refractivity contribution in [3.63, 3.8) is 0 Å². The zero-order valence-electron chi connectivity index (χ0n) is 29.3. The Balaban J connectivity index is 1.23. The summed E-state index contributed by atoms with van der Waals surface area (Å²) < 4.78 is 49.2.